The van der Waals surface area contributed by atoms with Crippen LogP contribution in [0, 0.1) is 35.0 Å². The number of ether oxygens (including phenoxy) is 3. The molecule has 4 aliphatic carbocycles. The zero-order valence-corrected chi connectivity index (χ0v) is 18.0. The summed E-state index contributed by atoms with van der Waals surface area (Å²) >= 11 is 0. The molecule has 0 saturated heterocycles. The predicted octanol–water partition coefficient (Wildman–Crippen LogP) is 3.31. The first-order valence-corrected chi connectivity index (χ1v) is 11.2. The van der Waals surface area contributed by atoms with Crippen LogP contribution < -0.4 is 0 Å². The first-order valence-electron chi connectivity index (χ1n) is 11.2. The van der Waals surface area contributed by atoms with Crippen LogP contribution in [0.25, 0.3) is 0 Å². The highest BCUT2D eigenvalue weighted by atomic mass is 16.6. The van der Waals surface area contributed by atoms with Gasteiger partial charge >= 0.3 is 11.9 Å². The van der Waals surface area contributed by atoms with Crippen molar-refractivity contribution in [2.45, 2.75) is 84.0 Å². The molecule has 162 valence electrons. The summed E-state index contributed by atoms with van der Waals surface area (Å²) in [4.78, 5) is 35.8. The maximum atomic E-state index is 12.7. The molecule has 6 nitrogen and oxygen atoms in total. The predicted molar refractivity (Wildman–Crippen MR) is 105 cm³/mol. The van der Waals surface area contributed by atoms with E-state index in [-0.39, 0.29) is 35.3 Å². The molecule has 9 unspecified atom stereocenters. The van der Waals surface area contributed by atoms with E-state index in [4.69, 9.17) is 14.2 Å². The lowest BCUT2D eigenvalue weighted by molar-refractivity contribution is -0.178. The number of hydrogen-bond donors (Lipinski definition) is 0. The highest BCUT2D eigenvalue weighted by Crippen LogP contribution is 2.62. The van der Waals surface area contributed by atoms with Crippen molar-refractivity contribution < 1.29 is 28.6 Å². The number of Topliss-reactive ketones (excluding diaryl/α,β-unsaturated/α-hetero) is 1. The van der Waals surface area contributed by atoms with Gasteiger partial charge in [0.25, 0.3) is 0 Å². The quantitative estimate of drug-likeness (QED) is 0.669. The van der Waals surface area contributed by atoms with Gasteiger partial charge in [-0.1, -0.05) is 6.92 Å². The Hall–Kier alpha value is -1.43. The summed E-state index contributed by atoms with van der Waals surface area (Å²) in [5.41, 5.74) is -0.230. The second-order valence-electron chi connectivity index (χ2n) is 9.97. The van der Waals surface area contributed by atoms with Crippen LogP contribution in [0.5, 0.6) is 0 Å². The molecule has 6 heteroatoms. The average molecular weight is 407 g/mol. The highest BCUT2D eigenvalue weighted by Gasteiger charge is 2.62. The van der Waals surface area contributed by atoms with E-state index >= 15 is 0 Å². The number of carbonyl (C=O) groups is 3. The van der Waals surface area contributed by atoms with Crippen LogP contribution in [0.3, 0.4) is 0 Å². The molecule has 0 spiro atoms. The molecule has 0 radical (unpaired) electrons. The summed E-state index contributed by atoms with van der Waals surface area (Å²) < 4.78 is 16.9. The highest BCUT2D eigenvalue weighted by molar-refractivity contribution is 5.89. The second kappa shape index (κ2) is 7.68. The number of esters is 2. The molecule has 4 rings (SSSR count). The Morgan fingerprint density at radius 1 is 0.897 bits per heavy atom. The van der Waals surface area contributed by atoms with Gasteiger partial charge in [-0.15, -0.1) is 0 Å². The molecule has 0 aliphatic heterocycles. The van der Waals surface area contributed by atoms with Crippen molar-refractivity contribution in [3.63, 3.8) is 0 Å². The minimum Gasteiger partial charge on any atom is -0.460 e. The largest absolute Gasteiger partial charge is 0.460 e. The molecule has 0 aromatic heterocycles. The molecule has 4 fully saturated rings. The lowest BCUT2D eigenvalue weighted by Gasteiger charge is -2.56. The van der Waals surface area contributed by atoms with Crippen LogP contribution in [-0.4, -0.2) is 43.1 Å². The van der Waals surface area contributed by atoms with Crippen molar-refractivity contribution in [3.8, 4) is 0 Å². The lowest BCUT2D eigenvalue weighted by Crippen LogP contribution is -2.55. The maximum absolute atomic E-state index is 12.7. The van der Waals surface area contributed by atoms with Gasteiger partial charge in [-0.05, 0) is 68.1 Å². The van der Waals surface area contributed by atoms with E-state index in [0.717, 1.165) is 38.5 Å². The van der Waals surface area contributed by atoms with E-state index in [1.807, 2.05) is 0 Å². The van der Waals surface area contributed by atoms with Gasteiger partial charge in [0.05, 0.1) is 6.10 Å². The number of ketones is 1. The first-order chi connectivity index (χ1) is 13.8. The van der Waals surface area contributed by atoms with Gasteiger partial charge in [0.15, 0.2) is 11.9 Å². The molecule has 0 aromatic rings. The smallest absolute Gasteiger partial charge is 0.303 e. The monoisotopic (exact) mass is 406 g/mol. The van der Waals surface area contributed by atoms with Crippen molar-refractivity contribution in [1.29, 1.82) is 0 Å². The summed E-state index contributed by atoms with van der Waals surface area (Å²) in [5, 5.41) is 0. The van der Waals surface area contributed by atoms with E-state index < -0.39 is 6.10 Å². The number of rotatable bonds is 3. The Balaban J connectivity index is 1.54. The summed E-state index contributed by atoms with van der Waals surface area (Å²) in [7, 11) is 1.73. The van der Waals surface area contributed by atoms with E-state index in [9.17, 15) is 14.4 Å². The Morgan fingerprint density at radius 3 is 2.17 bits per heavy atom. The Kier molecular flexibility index (Phi) is 5.51. The third kappa shape index (κ3) is 3.41. The number of hydrogen-bond acceptors (Lipinski definition) is 6. The van der Waals surface area contributed by atoms with Crippen molar-refractivity contribution >= 4 is 17.7 Å². The fourth-order valence-corrected chi connectivity index (χ4v) is 7.59. The van der Waals surface area contributed by atoms with Gasteiger partial charge in [0.2, 0.25) is 0 Å². The maximum Gasteiger partial charge on any atom is 0.303 e. The summed E-state index contributed by atoms with van der Waals surface area (Å²) in [6.07, 6.45) is 5.78. The standard InChI is InChI=1S/C23H34O6/c1-12(24)28-20-8-7-14-15-9-10-23(3)18(11-19(26)22(23)29-13(2)25)16(15)5-6-17(14)21(20)27-4/h14-18,20-22H,5-11H2,1-4H3. The van der Waals surface area contributed by atoms with Crippen LogP contribution in [0.2, 0.25) is 0 Å². The summed E-state index contributed by atoms with van der Waals surface area (Å²) in [6.45, 7) is 5.02. The molecule has 4 aliphatic rings. The molecule has 0 heterocycles. The number of methoxy groups -OCH3 is 1. The van der Waals surface area contributed by atoms with Crippen LogP contribution >= 0.6 is 0 Å². The third-order valence-corrected chi connectivity index (χ3v) is 8.62. The zero-order chi connectivity index (χ0) is 20.9. The van der Waals surface area contributed by atoms with Crippen molar-refractivity contribution in [2.24, 2.45) is 35.0 Å². The second-order valence-corrected chi connectivity index (χ2v) is 9.97. The van der Waals surface area contributed by atoms with Crippen LogP contribution in [0.1, 0.15) is 65.7 Å². The van der Waals surface area contributed by atoms with Gasteiger partial charge in [0, 0.05) is 32.8 Å². The van der Waals surface area contributed by atoms with Crippen LogP contribution in [-0.2, 0) is 28.6 Å². The summed E-state index contributed by atoms with van der Waals surface area (Å²) in [5.74, 6) is 1.84. The van der Waals surface area contributed by atoms with Crippen molar-refractivity contribution in [2.75, 3.05) is 7.11 Å². The van der Waals surface area contributed by atoms with Crippen molar-refractivity contribution in [3.05, 3.63) is 0 Å². The Bertz CT molecular complexity index is 689. The fourth-order valence-electron chi connectivity index (χ4n) is 7.59. The van der Waals surface area contributed by atoms with Crippen LogP contribution in [0.15, 0.2) is 0 Å². The van der Waals surface area contributed by atoms with E-state index in [1.54, 1.807) is 7.11 Å². The van der Waals surface area contributed by atoms with E-state index in [2.05, 4.69) is 6.92 Å². The number of carbonyl (C=O) groups excluding carboxylic acids is 3. The molecule has 29 heavy (non-hydrogen) atoms. The lowest BCUT2D eigenvalue weighted by atomic mass is 9.50. The zero-order valence-electron chi connectivity index (χ0n) is 18.0. The third-order valence-electron chi connectivity index (χ3n) is 8.62. The molecular formula is C23H34O6. The molecule has 0 amide bonds. The fraction of sp³-hybridized carbons (Fsp3) is 0.870. The van der Waals surface area contributed by atoms with Crippen LogP contribution in [0.4, 0.5) is 0 Å². The molecule has 0 bridgehead atoms. The van der Waals surface area contributed by atoms with Gasteiger partial charge in [0.1, 0.15) is 6.10 Å². The topological polar surface area (TPSA) is 78.9 Å². The average Bonchev–Trinajstić information content (AvgIpc) is 2.91. The Labute approximate surface area is 173 Å². The minimum absolute atomic E-state index is 0.0362. The summed E-state index contributed by atoms with van der Waals surface area (Å²) in [6, 6.07) is 0. The SMILES string of the molecule is COC1C(OC(C)=O)CCC2C3CCC4(C)C(OC(C)=O)C(=O)CC4C3CCC21. The first kappa shape index (κ1) is 20.8. The molecule has 4 saturated carbocycles. The van der Waals surface area contributed by atoms with Gasteiger partial charge in [-0.2, -0.15) is 0 Å². The van der Waals surface area contributed by atoms with Crippen molar-refractivity contribution in [1.82, 2.24) is 0 Å². The molecule has 0 N–H and O–H groups in total. The van der Waals surface area contributed by atoms with E-state index in [1.165, 1.54) is 13.8 Å². The van der Waals surface area contributed by atoms with Gasteiger partial charge < -0.3 is 14.2 Å². The minimum atomic E-state index is -0.574. The number of fused-ring (bicyclic) bond motifs is 5. The Morgan fingerprint density at radius 2 is 1.52 bits per heavy atom. The normalized spacial score (nSPS) is 46.3. The van der Waals surface area contributed by atoms with Gasteiger partial charge in [-0.3, -0.25) is 14.4 Å². The molecule has 0 aromatic carbocycles. The molecular weight excluding hydrogens is 372 g/mol. The molecule has 9 atom stereocenters. The van der Waals surface area contributed by atoms with Gasteiger partial charge in [-0.25, -0.2) is 0 Å². The van der Waals surface area contributed by atoms with E-state index in [0.29, 0.717) is 36.0 Å².